The van der Waals surface area contributed by atoms with Crippen molar-refractivity contribution in [3.05, 3.63) is 42.1 Å². The summed E-state index contributed by atoms with van der Waals surface area (Å²) in [4.78, 5) is 14.4. The number of aliphatic carboxylic acids is 1. The Hall–Kier alpha value is -2.34. The molecule has 0 unspecified atom stereocenters. The molecule has 0 radical (unpaired) electrons. The molecule has 1 aromatic heterocycles. The molecule has 0 saturated carbocycles. The number of carboxylic acids is 1. The number of rotatable bonds is 0. The minimum Gasteiger partial charge on any atom is -0.472 e. The van der Waals surface area contributed by atoms with Crippen molar-refractivity contribution < 1.29 is 9.90 Å². The largest absolute Gasteiger partial charge is 0.472 e. The van der Waals surface area contributed by atoms with E-state index in [1.165, 1.54) is 0 Å². The predicted octanol–water partition coefficient (Wildman–Crippen LogP) is 1.67. The second-order valence-corrected chi connectivity index (χ2v) is 2.97. The van der Waals surface area contributed by atoms with E-state index in [1.807, 2.05) is 18.2 Å². The van der Waals surface area contributed by atoms with Gasteiger partial charge in [-0.25, -0.2) is 4.79 Å². The van der Waals surface area contributed by atoms with Crippen molar-refractivity contribution in [1.29, 1.82) is 0 Å². The van der Waals surface area contributed by atoms with Gasteiger partial charge in [0.15, 0.2) is 0 Å². The van der Waals surface area contributed by atoms with Gasteiger partial charge < -0.3 is 5.11 Å². The Bertz CT molecular complexity index is 579. The van der Waals surface area contributed by atoms with E-state index in [0.29, 0.717) is 5.56 Å². The molecule has 3 heteroatoms. The number of carboxylic acid groups (broad SMARTS) is 1. The first-order chi connectivity index (χ1) is 7.25. The third-order valence-corrected chi connectivity index (χ3v) is 1.92. The van der Waals surface area contributed by atoms with E-state index in [0.717, 1.165) is 10.9 Å². The van der Waals surface area contributed by atoms with Gasteiger partial charge in [-0.2, -0.15) is 0 Å². The maximum Gasteiger partial charge on any atom is 0.382 e. The van der Waals surface area contributed by atoms with Gasteiger partial charge in [0.25, 0.3) is 0 Å². The molecule has 2 rings (SSSR count). The molecular weight excluding hydrogens is 190 g/mol. The highest BCUT2D eigenvalue weighted by atomic mass is 16.4. The summed E-state index contributed by atoms with van der Waals surface area (Å²) < 4.78 is 0. The summed E-state index contributed by atoms with van der Waals surface area (Å²) >= 11 is 0. The molecule has 3 nitrogen and oxygen atoms in total. The summed E-state index contributed by atoms with van der Waals surface area (Å²) in [6, 6.07) is 9.21. The Morgan fingerprint density at radius 2 is 2.20 bits per heavy atom. The molecule has 0 spiro atoms. The van der Waals surface area contributed by atoms with Gasteiger partial charge in [-0.05, 0) is 18.2 Å². The quantitative estimate of drug-likeness (QED) is 0.653. The van der Waals surface area contributed by atoms with Crippen LogP contribution in [0.3, 0.4) is 0 Å². The fourth-order valence-electron chi connectivity index (χ4n) is 1.27. The lowest BCUT2D eigenvalue weighted by Crippen LogP contribution is -1.87. The van der Waals surface area contributed by atoms with Crippen molar-refractivity contribution in [2.45, 2.75) is 0 Å². The van der Waals surface area contributed by atoms with Crippen LogP contribution in [-0.2, 0) is 4.79 Å². The first kappa shape index (κ1) is 9.22. The molecule has 15 heavy (non-hydrogen) atoms. The Kier molecular flexibility index (Phi) is 2.34. The minimum absolute atomic E-state index is 0.656. The van der Waals surface area contributed by atoms with E-state index >= 15 is 0 Å². The summed E-state index contributed by atoms with van der Waals surface area (Å²) in [5, 5.41) is 9.41. The van der Waals surface area contributed by atoms with E-state index in [4.69, 9.17) is 5.11 Å². The van der Waals surface area contributed by atoms with Crippen LogP contribution in [0.1, 0.15) is 5.56 Å². The average Bonchev–Trinajstić information content (AvgIpc) is 2.26. The molecule has 0 atom stereocenters. The summed E-state index contributed by atoms with van der Waals surface area (Å²) in [6.07, 6.45) is 1.69. The van der Waals surface area contributed by atoms with Gasteiger partial charge in [0.1, 0.15) is 0 Å². The molecule has 0 aliphatic heterocycles. The van der Waals surface area contributed by atoms with Crippen molar-refractivity contribution in [2.75, 3.05) is 0 Å². The van der Waals surface area contributed by atoms with Crippen molar-refractivity contribution in [3.8, 4) is 11.8 Å². The number of nitrogens with zero attached hydrogens (tertiary/aromatic N) is 1. The number of fused-ring (bicyclic) bond motifs is 1. The Labute approximate surface area is 86.4 Å². The van der Waals surface area contributed by atoms with Gasteiger partial charge in [0, 0.05) is 23.1 Å². The van der Waals surface area contributed by atoms with E-state index < -0.39 is 5.97 Å². The third-order valence-electron chi connectivity index (χ3n) is 1.92. The third kappa shape index (κ3) is 2.12. The van der Waals surface area contributed by atoms with Crippen LogP contribution in [0.15, 0.2) is 36.5 Å². The lowest BCUT2D eigenvalue weighted by atomic mass is 10.1. The van der Waals surface area contributed by atoms with Crippen LogP contribution in [0.5, 0.6) is 0 Å². The van der Waals surface area contributed by atoms with Gasteiger partial charge in [-0.15, -0.1) is 0 Å². The highest BCUT2D eigenvalue weighted by Crippen LogP contribution is 2.12. The van der Waals surface area contributed by atoms with Crippen LogP contribution >= 0.6 is 0 Å². The molecule has 1 N–H and O–H groups in total. The smallest absolute Gasteiger partial charge is 0.382 e. The fraction of sp³-hybridized carbons (Fsp3) is 0. The highest BCUT2D eigenvalue weighted by molar-refractivity contribution is 5.88. The molecule has 0 fully saturated rings. The molecule has 0 amide bonds. The molecule has 0 aliphatic rings. The molecule has 0 aliphatic carbocycles. The van der Waals surface area contributed by atoms with Crippen LogP contribution in [0.2, 0.25) is 0 Å². The predicted molar refractivity (Wildman–Crippen MR) is 56.3 cm³/mol. The van der Waals surface area contributed by atoms with E-state index in [9.17, 15) is 4.79 Å². The van der Waals surface area contributed by atoms with Gasteiger partial charge in [0.05, 0.1) is 5.52 Å². The van der Waals surface area contributed by atoms with Gasteiger partial charge in [-0.1, -0.05) is 18.1 Å². The standard InChI is InChI=1S/C12H7NO2/c14-12(15)6-4-9-3-5-10-2-1-7-13-11(10)8-9/h1-3,5,7-8H,(H,14,15). The number of aromatic nitrogens is 1. The van der Waals surface area contributed by atoms with Crippen LogP contribution in [-0.4, -0.2) is 16.1 Å². The average molecular weight is 197 g/mol. The van der Waals surface area contributed by atoms with Crippen molar-refractivity contribution in [3.63, 3.8) is 0 Å². The zero-order valence-corrected chi connectivity index (χ0v) is 7.77. The molecular formula is C12H7NO2. The van der Waals surface area contributed by atoms with Crippen molar-refractivity contribution >= 4 is 16.9 Å². The highest BCUT2D eigenvalue weighted by Gasteiger charge is 1.94. The molecule has 2 aromatic rings. The Morgan fingerprint density at radius 3 is 3.00 bits per heavy atom. The maximum atomic E-state index is 10.2. The molecule has 72 valence electrons. The minimum atomic E-state index is -1.13. The van der Waals surface area contributed by atoms with E-state index in [2.05, 4.69) is 16.8 Å². The summed E-state index contributed by atoms with van der Waals surface area (Å²) in [5.74, 6) is 3.48. The molecule has 0 bridgehead atoms. The second kappa shape index (κ2) is 3.81. The summed E-state index contributed by atoms with van der Waals surface area (Å²) in [7, 11) is 0. The Morgan fingerprint density at radius 1 is 1.33 bits per heavy atom. The lowest BCUT2D eigenvalue weighted by Gasteiger charge is -1.95. The van der Waals surface area contributed by atoms with Crippen LogP contribution in [0, 0.1) is 11.8 Å². The molecule has 1 heterocycles. The zero-order valence-electron chi connectivity index (χ0n) is 7.77. The molecule has 1 aromatic carbocycles. The number of carbonyl (C=O) groups is 1. The molecule has 0 saturated heterocycles. The second-order valence-electron chi connectivity index (χ2n) is 2.97. The van der Waals surface area contributed by atoms with Gasteiger partial charge >= 0.3 is 5.97 Å². The topological polar surface area (TPSA) is 50.2 Å². The number of hydrogen-bond acceptors (Lipinski definition) is 2. The normalized spacial score (nSPS) is 9.33. The monoisotopic (exact) mass is 197 g/mol. The zero-order chi connectivity index (χ0) is 10.7. The van der Waals surface area contributed by atoms with E-state index in [-0.39, 0.29) is 0 Å². The van der Waals surface area contributed by atoms with Crippen LogP contribution in [0.4, 0.5) is 0 Å². The number of hydrogen-bond donors (Lipinski definition) is 1. The van der Waals surface area contributed by atoms with Crippen LogP contribution < -0.4 is 0 Å². The van der Waals surface area contributed by atoms with Crippen molar-refractivity contribution in [2.24, 2.45) is 0 Å². The summed E-state index contributed by atoms with van der Waals surface area (Å²) in [6.45, 7) is 0. The van der Waals surface area contributed by atoms with Gasteiger partial charge in [-0.3, -0.25) is 4.98 Å². The van der Waals surface area contributed by atoms with Crippen LogP contribution in [0.25, 0.3) is 10.9 Å². The summed E-state index contributed by atoms with van der Waals surface area (Å²) in [5.41, 5.74) is 1.47. The number of pyridine rings is 1. The first-order valence-corrected chi connectivity index (χ1v) is 4.35. The first-order valence-electron chi connectivity index (χ1n) is 4.35. The van der Waals surface area contributed by atoms with Gasteiger partial charge in [0.2, 0.25) is 0 Å². The maximum absolute atomic E-state index is 10.2. The number of benzene rings is 1. The Balaban J connectivity index is 2.49. The SMILES string of the molecule is O=C(O)C#Cc1ccc2cccnc2c1. The fourth-order valence-corrected chi connectivity index (χ4v) is 1.27. The van der Waals surface area contributed by atoms with Crippen molar-refractivity contribution in [1.82, 2.24) is 4.98 Å². The van der Waals surface area contributed by atoms with E-state index in [1.54, 1.807) is 18.3 Å². The lowest BCUT2D eigenvalue weighted by molar-refractivity contribution is -0.130.